The number of nitrogens with two attached hydrogens (primary N) is 1. The number of ether oxygens (including phenoxy) is 2. The van der Waals surface area contributed by atoms with E-state index < -0.39 is 0 Å². The maximum atomic E-state index is 5.84. The minimum absolute atomic E-state index is 0. The Balaban J connectivity index is 0.00000162. The minimum Gasteiger partial charge on any atom is -0.381 e. The molecule has 2 rings (SSSR count). The number of nitrogens with zero attached hydrogens (tertiary/aromatic N) is 1. The van der Waals surface area contributed by atoms with Crippen molar-refractivity contribution in [1.29, 1.82) is 0 Å². The molecule has 0 aromatic rings. The molecule has 0 aromatic heterocycles. The van der Waals surface area contributed by atoms with Crippen LogP contribution in [-0.4, -0.2) is 45.0 Å². The van der Waals surface area contributed by atoms with E-state index in [-0.39, 0.29) is 29.4 Å². The van der Waals surface area contributed by atoms with Crippen molar-refractivity contribution < 1.29 is 9.47 Å². The number of aliphatic imine (C=N–C) groups is 1. The van der Waals surface area contributed by atoms with E-state index in [9.17, 15) is 0 Å². The molecule has 1 saturated carbocycles. The Bertz CT molecular complexity index is 293. The van der Waals surface area contributed by atoms with E-state index in [0.717, 1.165) is 39.1 Å². The van der Waals surface area contributed by atoms with Crippen molar-refractivity contribution in [2.24, 2.45) is 16.1 Å². The predicted molar refractivity (Wildman–Crippen MR) is 82.4 cm³/mol. The Labute approximate surface area is 126 Å². The zero-order chi connectivity index (χ0) is 12.3. The number of rotatable bonds is 3. The molecule has 0 bridgehead atoms. The van der Waals surface area contributed by atoms with Gasteiger partial charge >= 0.3 is 0 Å². The molecule has 5 nitrogen and oxygen atoms in total. The molecular weight excluding hydrogens is 345 g/mol. The van der Waals surface area contributed by atoms with Crippen molar-refractivity contribution in [3.05, 3.63) is 0 Å². The first-order valence-corrected chi connectivity index (χ1v) is 6.41. The van der Waals surface area contributed by atoms with Crippen LogP contribution < -0.4 is 11.1 Å². The average Bonchev–Trinajstić information content (AvgIpc) is 2.38. The standard InChI is InChI=1S/C12H23N3O2.HI/c1-3-17-10-8-9(15-11(13)14-2)12(10)4-6-16-7-5-12;/h9-10H,3-8H2,1-2H3,(H3,13,14,15);1H. The van der Waals surface area contributed by atoms with E-state index >= 15 is 0 Å². The van der Waals surface area contributed by atoms with Crippen LogP contribution >= 0.6 is 24.0 Å². The molecule has 106 valence electrons. The van der Waals surface area contributed by atoms with Gasteiger partial charge in [-0.3, -0.25) is 4.99 Å². The molecule has 1 saturated heterocycles. The molecule has 2 fully saturated rings. The van der Waals surface area contributed by atoms with E-state index in [0.29, 0.717) is 18.1 Å². The Hall–Kier alpha value is -0.0800. The highest BCUT2D eigenvalue weighted by Crippen LogP contribution is 2.50. The SMILES string of the molecule is CCOC1CC(NC(N)=NC)C12CCOCC2.I. The molecule has 2 atom stereocenters. The number of hydrogen-bond donors (Lipinski definition) is 2. The summed E-state index contributed by atoms with van der Waals surface area (Å²) in [6, 6.07) is 0.381. The Morgan fingerprint density at radius 1 is 1.50 bits per heavy atom. The summed E-state index contributed by atoms with van der Waals surface area (Å²) in [5.74, 6) is 0.524. The van der Waals surface area contributed by atoms with E-state index in [1.165, 1.54) is 0 Å². The van der Waals surface area contributed by atoms with Gasteiger partial charge in [-0.15, -0.1) is 24.0 Å². The third-order valence-corrected chi connectivity index (χ3v) is 4.14. The van der Waals surface area contributed by atoms with Crippen molar-refractivity contribution in [3.8, 4) is 0 Å². The van der Waals surface area contributed by atoms with Crippen LogP contribution in [0.4, 0.5) is 0 Å². The van der Waals surface area contributed by atoms with Crippen molar-refractivity contribution in [2.75, 3.05) is 26.9 Å². The molecule has 1 aliphatic heterocycles. The van der Waals surface area contributed by atoms with Gasteiger partial charge in [0.05, 0.1) is 6.10 Å². The van der Waals surface area contributed by atoms with Crippen LogP contribution in [0.5, 0.6) is 0 Å². The van der Waals surface area contributed by atoms with Crippen LogP contribution in [0.25, 0.3) is 0 Å². The summed E-state index contributed by atoms with van der Waals surface area (Å²) in [6.07, 6.45) is 3.46. The van der Waals surface area contributed by atoms with Gasteiger partial charge < -0.3 is 20.5 Å². The predicted octanol–water partition coefficient (Wildman–Crippen LogP) is 1.11. The summed E-state index contributed by atoms with van der Waals surface area (Å²) < 4.78 is 11.3. The van der Waals surface area contributed by atoms with Gasteiger partial charge in [0.25, 0.3) is 0 Å². The maximum absolute atomic E-state index is 5.84. The molecular formula is C12H24IN3O2. The lowest BCUT2D eigenvalue weighted by Crippen LogP contribution is -2.67. The van der Waals surface area contributed by atoms with Crippen LogP contribution in [0.1, 0.15) is 26.2 Å². The first-order valence-electron chi connectivity index (χ1n) is 6.41. The monoisotopic (exact) mass is 369 g/mol. The van der Waals surface area contributed by atoms with Crippen LogP contribution in [0.2, 0.25) is 0 Å². The molecule has 1 spiro atoms. The number of nitrogens with one attached hydrogen (secondary N) is 1. The largest absolute Gasteiger partial charge is 0.381 e. The Kier molecular flexibility index (Phi) is 6.13. The van der Waals surface area contributed by atoms with E-state index in [2.05, 4.69) is 17.2 Å². The molecule has 0 amide bonds. The molecule has 1 aliphatic carbocycles. The molecule has 1 heterocycles. The lowest BCUT2D eigenvalue weighted by Gasteiger charge is -2.57. The van der Waals surface area contributed by atoms with Crippen molar-refractivity contribution >= 4 is 29.9 Å². The quantitative estimate of drug-likeness (QED) is 0.444. The fourth-order valence-corrected chi connectivity index (χ4v) is 3.05. The Morgan fingerprint density at radius 3 is 2.72 bits per heavy atom. The normalized spacial score (nSPS) is 30.4. The second-order valence-electron chi connectivity index (χ2n) is 4.83. The Morgan fingerprint density at radius 2 is 2.17 bits per heavy atom. The lowest BCUT2D eigenvalue weighted by molar-refractivity contribution is -0.169. The lowest BCUT2D eigenvalue weighted by atomic mass is 9.57. The summed E-state index contributed by atoms with van der Waals surface area (Å²) >= 11 is 0. The van der Waals surface area contributed by atoms with Crippen LogP contribution in [0.3, 0.4) is 0 Å². The molecule has 6 heteroatoms. The van der Waals surface area contributed by atoms with E-state index in [4.69, 9.17) is 15.2 Å². The number of hydrogen-bond acceptors (Lipinski definition) is 3. The van der Waals surface area contributed by atoms with Gasteiger partial charge in [-0.05, 0) is 26.2 Å². The van der Waals surface area contributed by atoms with E-state index in [1.54, 1.807) is 7.05 Å². The van der Waals surface area contributed by atoms with Gasteiger partial charge in [0, 0.05) is 38.3 Å². The maximum Gasteiger partial charge on any atom is 0.188 e. The molecule has 0 aromatic carbocycles. The summed E-state index contributed by atoms with van der Waals surface area (Å²) in [5, 5.41) is 3.31. The second-order valence-corrected chi connectivity index (χ2v) is 4.83. The van der Waals surface area contributed by atoms with Gasteiger partial charge in [0.2, 0.25) is 0 Å². The van der Waals surface area contributed by atoms with Crippen molar-refractivity contribution in [1.82, 2.24) is 5.32 Å². The third-order valence-electron chi connectivity index (χ3n) is 4.14. The summed E-state index contributed by atoms with van der Waals surface area (Å²) in [7, 11) is 1.71. The molecule has 18 heavy (non-hydrogen) atoms. The van der Waals surface area contributed by atoms with Crippen molar-refractivity contribution in [2.45, 2.75) is 38.3 Å². The smallest absolute Gasteiger partial charge is 0.188 e. The minimum atomic E-state index is 0. The fraction of sp³-hybridized carbons (Fsp3) is 0.917. The topological polar surface area (TPSA) is 68.9 Å². The first-order chi connectivity index (χ1) is 8.23. The highest BCUT2D eigenvalue weighted by atomic mass is 127. The second kappa shape index (κ2) is 6.91. The van der Waals surface area contributed by atoms with Crippen LogP contribution in [-0.2, 0) is 9.47 Å². The zero-order valence-corrected chi connectivity index (χ0v) is 13.5. The van der Waals surface area contributed by atoms with Gasteiger partial charge in [-0.2, -0.15) is 0 Å². The summed E-state index contributed by atoms with van der Waals surface area (Å²) in [4.78, 5) is 3.97. The summed E-state index contributed by atoms with van der Waals surface area (Å²) in [6.45, 7) is 4.48. The van der Waals surface area contributed by atoms with E-state index in [1.807, 2.05) is 0 Å². The first kappa shape index (κ1) is 16.0. The molecule has 0 radical (unpaired) electrons. The van der Waals surface area contributed by atoms with Gasteiger partial charge in [-0.1, -0.05) is 0 Å². The summed E-state index contributed by atoms with van der Waals surface area (Å²) in [5.41, 5.74) is 5.96. The van der Waals surface area contributed by atoms with Crippen molar-refractivity contribution in [3.63, 3.8) is 0 Å². The number of halogens is 1. The highest BCUT2D eigenvalue weighted by molar-refractivity contribution is 14.0. The third kappa shape index (κ3) is 2.91. The molecule has 3 N–H and O–H groups in total. The van der Waals surface area contributed by atoms with Crippen LogP contribution in [0, 0.1) is 5.41 Å². The fourth-order valence-electron chi connectivity index (χ4n) is 3.05. The van der Waals surface area contributed by atoms with Gasteiger partial charge in [0.15, 0.2) is 5.96 Å². The van der Waals surface area contributed by atoms with Gasteiger partial charge in [0.1, 0.15) is 0 Å². The average molecular weight is 369 g/mol. The molecule has 2 aliphatic rings. The molecule has 2 unspecified atom stereocenters. The highest BCUT2D eigenvalue weighted by Gasteiger charge is 2.56. The van der Waals surface area contributed by atoms with Crippen LogP contribution in [0.15, 0.2) is 4.99 Å². The number of guanidine groups is 1. The zero-order valence-electron chi connectivity index (χ0n) is 11.1. The van der Waals surface area contributed by atoms with Gasteiger partial charge in [-0.25, -0.2) is 0 Å².